The van der Waals surface area contributed by atoms with Gasteiger partial charge in [-0.3, -0.25) is 9.69 Å². The van der Waals surface area contributed by atoms with Crippen LogP contribution in [-0.2, 0) is 16.1 Å². The van der Waals surface area contributed by atoms with Gasteiger partial charge >= 0.3 is 11.8 Å². The summed E-state index contributed by atoms with van der Waals surface area (Å²) in [4.78, 5) is 31.1. The van der Waals surface area contributed by atoms with Crippen molar-refractivity contribution in [3.63, 3.8) is 0 Å². The Morgan fingerprint density at radius 2 is 1.88 bits per heavy atom. The number of amides is 2. The van der Waals surface area contributed by atoms with E-state index in [-0.39, 0.29) is 23.8 Å². The minimum absolute atomic E-state index is 0.110. The van der Waals surface area contributed by atoms with Gasteiger partial charge in [0.2, 0.25) is 0 Å². The van der Waals surface area contributed by atoms with Crippen molar-refractivity contribution in [2.75, 3.05) is 26.3 Å². The molecule has 2 amide bonds. The van der Waals surface area contributed by atoms with Crippen molar-refractivity contribution in [3.8, 4) is 5.75 Å². The van der Waals surface area contributed by atoms with Crippen molar-refractivity contribution >= 4 is 17.7 Å². The second kappa shape index (κ2) is 9.19. The summed E-state index contributed by atoms with van der Waals surface area (Å²) in [6.07, 6.45) is 6.39. The van der Waals surface area contributed by atoms with E-state index in [1.54, 1.807) is 4.90 Å². The van der Waals surface area contributed by atoms with Crippen LogP contribution in [0.4, 0.5) is 0 Å². The van der Waals surface area contributed by atoms with E-state index in [9.17, 15) is 14.7 Å². The number of ether oxygens (including phenoxy) is 2. The topological polar surface area (TPSA) is 93.3 Å². The molecule has 3 unspecified atom stereocenters. The van der Waals surface area contributed by atoms with Crippen LogP contribution in [0.3, 0.4) is 0 Å². The fourth-order valence-electron chi connectivity index (χ4n) is 5.56. The van der Waals surface area contributed by atoms with E-state index >= 15 is 0 Å². The summed E-state index contributed by atoms with van der Waals surface area (Å²) in [7, 11) is 0. The van der Waals surface area contributed by atoms with Crippen LogP contribution < -0.4 is 9.73 Å². The first-order valence-corrected chi connectivity index (χ1v) is 11.9. The highest BCUT2D eigenvalue weighted by Crippen LogP contribution is 2.33. The van der Waals surface area contributed by atoms with E-state index < -0.39 is 6.04 Å². The zero-order chi connectivity index (χ0) is 22.1. The maximum absolute atomic E-state index is 12.9. The molecule has 3 aliphatic heterocycles. The first kappa shape index (κ1) is 21.4. The summed E-state index contributed by atoms with van der Waals surface area (Å²) in [5.41, 5.74) is 1.56. The standard InChI is InChI=1S/C24H31N3O5/c28-22-9-8-20(23(29)25-22)27-15-16-14-17(6-7-18(16)24(27)30)32-21-5-1-4-19(21)26-10-2-12-31-13-3-11-26/h6-7,14,19-21H,1-5,8-13,15H2,(H,25,28,29)/p+1. The van der Waals surface area contributed by atoms with Gasteiger partial charge in [0, 0.05) is 44.5 Å². The molecule has 3 heterocycles. The number of fused-ring (bicyclic) bond motifs is 1. The summed E-state index contributed by atoms with van der Waals surface area (Å²) >= 11 is 0. The van der Waals surface area contributed by atoms with E-state index in [1.807, 2.05) is 18.2 Å². The molecule has 1 aromatic carbocycles. The van der Waals surface area contributed by atoms with Gasteiger partial charge in [0.05, 0.1) is 6.42 Å². The monoisotopic (exact) mass is 442 g/mol. The molecule has 1 saturated carbocycles. The average molecular weight is 443 g/mol. The minimum Gasteiger partial charge on any atom is -0.489 e. The Bertz CT molecular complexity index is 909. The number of carbonyl (C=O) groups is 2. The lowest BCUT2D eigenvalue weighted by molar-refractivity contribution is -0.394. The molecule has 5 rings (SSSR count). The molecular formula is C24H32N3O5+. The number of benzene rings is 1. The maximum Gasteiger partial charge on any atom is 0.388 e. The molecule has 0 radical (unpaired) electrons. The lowest BCUT2D eigenvalue weighted by Crippen LogP contribution is -2.82. The van der Waals surface area contributed by atoms with Crippen LogP contribution in [0.2, 0.25) is 0 Å². The van der Waals surface area contributed by atoms with E-state index in [0.717, 1.165) is 63.3 Å². The fourth-order valence-corrected chi connectivity index (χ4v) is 5.56. The molecule has 32 heavy (non-hydrogen) atoms. The third-order valence-electron chi connectivity index (χ3n) is 7.16. The van der Waals surface area contributed by atoms with Gasteiger partial charge in [0.15, 0.2) is 6.04 Å². The molecule has 1 aromatic rings. The summed E-state index contributed by atoms with van der Waals surface area (Å²) in [5, 5.41) is 10.2. The van der Waals surface area contributed by atoms with Gasteiger partial charge in [0.1, 0.15) is 11.9 Å². The number of nitrogens with zero attached hydrogens (tertiary/aromatic N) is 2. The lowest BCUT2D eigenvalue weighted by atomic mass is 10.1. The Kier molecular flexibility index (Phi) is 6.15. The zero-order valence-corrected chi connectivity index (χ0v) is 18.4. The van der Waals surface area contributed by atoms with Crippen LogP contribution in [0.1, 0.15) is 60.9 Å². The number of rotatable bonds is 4. The summed E-state index contributed by atoms with van der Waals surface area (Å²) in [6, 6.07) is 5.65. The number of nitrogens with one attached hydrogen (secondary N) is 1. The van der Waals surface area contributed by atoms with Crippen LogP contribution in [0.5, 0.6) is 5.75 Å². The molecule has 2 N–H and O–H groups in total. The number of hydrogen-bond donors (Lipinski definition) is 2. The Balaban J connectivity index is 1.28. The minimum atomic E-state index is -0.479. The molecular weight excluding hydrogens is 410 g/mol. The third kappa shape index (κ3) is 4.26. The van der Waals surface area contributed by atoms with Gasteiger partial charge in [-0.1, -0.05) is 0 Å². The van der Waals surface area contributed by atoms with Gasteiger partial charge in [-0.05, 0) is 62.3 Å². The highest BCUT2D eigenvalue weighted by atomic mass is 16.5. The maximum atomic E-state index is 12.9. The van der Waals surface area contributed by atoms with E-state index in [4.69, 9.17) is 9.47 Å². The smallest absolute Gasteiger partial charge is 0.388 e. The molecule has 2 fully saturated rings. The second-order valence-corrected chi connectivity index (χ2v) is 9.25. The second-order valence-electron chi connectivity index (χ2n) is 9.25. The SMILES string of the molecule is O=C1CCC(N2Cc3cc(OC4CCCC4N4CCCOCCC4)ccc3C2=O)C(O)=[NH+]1. The summed E-state index contributed by atoms with van der Waals surface area (Å²) in [6.45, 7) is 4.19. The molecule has 0 bridgehead atoms. The van der Waals surface area contributed by atoms with Crippen LogP contribution in [-0.4, -0.2) is 77.1 Å². The van der Waals surface area contributed by atoms with Crippen molar-refractivity contribution in [1.82, 2.24) is 9.80 Å². The Labute approximate surface area is 188 Å². The van der Waals surface area contributed by atoms with E-state index in [0.29, 0.717) is 31.0 Å². The van der Waals surface area contributed by atoms with Gasteiger partial charge in [-0.15, -0.1) is 4.99 Å². The predicted molar refractivity (Wildman–Crippen MR) is 117 cm³/mol. The van der Waals surface area contributed by atoms with Crippen molar-refractivity contribution in [2.45, 2.75) is 69.7 Å². The molecule has 0 aromatic heterocycles. The summed E-state index contributed by atoms with van der Waals surface area (Å²) < 4.78 is 12.1. The average Bonchev–Trinajstić information content (AvgIpc) is 3.32. The number of hydrogen-bond acceptors (Lipinski definition) is 5. The van der Waals surface area contributed by atoms with Gasteiger partial charge in [-0.25, -0.2) is 4.79 Å². The van der Waals surface area contributed by atoms with Gasteiger partial charge in [-0.2, -0.15) is 0 Å². The molecule has 4 aliphatic rings. The largest absolute Gasteiger partial charge is 0.489 e. The van der Waals surface area contributed by atoms with Crippen LogP contribution in [0.15, 0.2) is 18.2 Å². The molecule has 8 nitrogen and oxygen atoms in total. The van der Waals surface area contributed by atoms with Gasteiger partial charge in [0.25, 0.3) is 5.91 Å². The number of aliphatic hydroxyl groups is 1. The fraction of sp³-hybridized carbons (Fsp3) is 0.625. The molecule has 8 heteroatoms. The summed E-state index contributed by atoms with van der Waals surface area (Å²) in [5.74, 6) is 0.347. The number of carbonyl (C=O) groups excluding carboxylic acids is 2. The van der Waals surface area contributed by atoms with Crippen molar-refractivity contribution in [3.05, 3.63) is 29.3 Å². The highest BCUT2D eigenvalue weighted by molar-refractivity contribution is 6.01. The van der Waals surface area contributed by atoms with Crippen molar-refractivity contribution in [1.29, 1.82) is 0 Å². The Morgan fingerprint density at radius 1 is 1.06 bits per heavy atom. The zero-order valence-electron chi connectivity index (χ0n) is 18.4. The lowest BCUT2D eigenvalue weighted by Gasteiger charge is -2.34. The molecule has 0 spiro atoms. The van der Waals surface area contributed by atoms with Crippen LogP contribution >= 0.6 is 0 Å². The first-order valence-electron chi connectivity index (χ1n) is 11.9. The third-order valence-corrected chi connectivity index (χ3v) is 7.16. The van der Waals surface area contributed by atoms with Crippen LogP contribution in [0.25, 0.3) is 0 Å². The Morgan fingerprint density at radius 3 is 2.66 bits per heavy atom. The van der Waals surface area contributed by atoms with E-state index in [2.05, 4.69) is 9.89 Å². The van der Waals surface area contributed by atoms with E-state index in [1.165, 1.54) is 6.42 Å². The quantitative estimate of drug-likeness (QED) is 0.716. The molecule has 172 valence electrons. The molecule has 1 saturated heterocycles. The van der Waals surface area contributed by atoms with Crippen LogP contribution in [0, 0.1) is 0 Å². The van der Waals surface area contributed by atoms with Crippen molar-refractivity contribution < 1.29 is 29.2 Å². The van der Waals surface area contributed by atoms with Gasteiger partial charge < -0.3 is 19.5 Å². The van der Waals surface area contributed by atoms with Crippen molar-refractivity contribution in [2.24, 2.45) is 0 Å². The molecule has 1 aliphatic carbocycles. The highest BCUT2D eigenvalue weighted by Gasteiger charge is 2.41. The molecule has 3 atom stereocenters. The Hall–Kier alpha value is -2.45. The predicted octanol–water partition coefficient (Wildman–Crippen LogP) is 0.781. The normalized spacial score (nSPS) is 29.4. The number of aliphatic hydroxyl groups excluding tert-OH is 1. The first-order chi connectivity index (χ1) is 15.6.